The third-order valence-electron chi connectivity index (χ3n) is 4.76. The molecule has 3 rings (SSSR count). The largest absolute Gasteiger partial charge is 1.00 e. The summed E-state index contributed by atoms with van der Waals surface area (Å²) in [7, 11) is 0. The van der Waals surface area contributed by atoms with Crippen LogP contribution >= 0.6 is 0 Å². The van der Waals surface area contributed by atoms with Gasteiger partial charge in [-0.15, -0.1) is 0 Å². The van der Waals surface area contributed by atoms with Crippen LogP contribution in [0, 0.1) is 0 Å². The summed E-state index contributed by atoms with van der Waals surface area (Å²) in [6, 6.07) is 9.06. The standard InChI is InChI=1S/C21H23.2ClH.Zr/c1-3-5-13-20-18-15-9-8-14-17(18)19(10-4-2)21(20)16-11-6-7-12-16;;;/h4,6-9,11,14-15H,2-3,5,10,12-13H2,1H3;2*1H;/q;;;+2/p-2. The summed E-state index contributed by atoms with van der Waals surface area (Å²) < 4.78 is 0.173. The van der Waals surface area contributed by atoms with Gasteiger partial charge in [-0.1, -0.05) is 0 Å². The summed E-state index contributed by atoms with van der Waals surface area (Å²) in [5.41, 5.74) is 7.77. The molecule has 0 spiro atoms. The predicted octanol–water partition coefficient (Wildman–Crippen LogP) is -0.143. The fourth-order valence-corrected chi connectivity index (χ4v) is 5.44. The number of halogens is 2. The Labute approximate surface area is 173 Å². The quantitative estimate of drug-likeness (QED) is 0.544. The van der Waals surface area contributed by atoms with Crippen LogP contribution in [0.1, 0.15) is 50.2 Å². The third kappa shape index (κ3) is 3.74. The van der Waals surface area contributed by atoms with E-state index in [1.807, 2.05) is 0 Å². The molecule has 1 unspecified atom stereocenters. The Morgan fingerprint density at radius 1 is 1.25 bits per heavy atom. The Morgan fingerprint density at radius 2 is 2.00 bits per heavy atom. The normalized spacial score (nSPS) is 21.0. The van der Waals surface area contributed by atoms with E-state index in [0.717, 1.165) is 12.8 Å². The minimum absolute atomic E-state index is 0. The monoisotopic (exact) mass is 435 g/mol. The summed E-state index contributed by atoms with van der Waals surface area (Å²) >= 11 is 1.58. The maximum atomic E-state index is 4.05. The van der Waals surface area contributed by atoms with E-state index in [0.29, 0.717) is 0 Å². The number of allylic oxidation sites excluding steroid dienone is 7. The van der Waals surface area contributed by atoms with Crippen molar-refractivity contribution in [1.29, 1.82) is 0 Å². The van der Waals surface area contributed by atoms with E-state index in [1.54, 1.807) is 35.9 Å². The molecular weight excluding hydrogens is 414 g/mol. The van der Waals surface area contributed by atoms with E-state index in [1.165, 1.54) is 36.0 Å². The molecule has 0 saturated heterocycles. The minimum Gasteiger partial charge on any atom is -1.00 e. The zero-order chi connectivity index (χ0) is 15.6. The van der Waals surface area contributed by atoms with Crippen LogP contribution < -0.4 is 24.8 Å². The second-order valence-corrected chi connectivity index (χ2v) is 8.32. The Kier molecular flexibility index (Phi) is 8.47. The molecule has 0 radical (unpaired) electrons. The van der Waals surface area contributed by atoms with Crippen molar-refractivity contribution in [2.75, 3.05) is 0 Å². The SMILES string of the molecule is C=CC[C]1([Zr+2])C(C2=CC=CC2)=C(CCCC)c2ccccc21.[Cl-].[Cl-]. The van der Waals surface area contributed by atoms with Gasteiger partial charge in [-0.3, -0.25) is 0 Å². The van der Waals surface area contributed by atoms with Gasteiger partial charge in [-0.05, 0) is 0 Å². The molecule has 0 amide bonds. The second-order valence-electron chi connectivity index (χ2n) is 6.23. The van der Waals surface area contributed by atoms with Gasteiger partial charge in [0, 0.05) is 0 Å². The smallest absolute Gasteiger partial charge is 1.00 e. The molecule has 24 heavy (non-hydrogen) atoms. The summed E-state index contributed by atoms with van der Waals surface area (Å²) in [5, 5.41) is 0. The summed E-state index contributed by atoms with van der Waals surface area (Å²) in [4.78, 5) is 0. The van der Waals surface area contributed by atoms with Crippen LogP contribution in [0.15, 0.2) is 66.3 Å². The molecule has 125 valence electrons. The number of hydrogen-bond acceptors (Lipinski definition) is 0. The van der Waals surface area contributed by atoms with Gasteiger partial charge in [0.15, 0.2) is 0 Å². The van der Waals surface area contributed by atoms with Gasteiger partial charge in [-0.2, -0.15) is 0 Å². The molecule has 0 bridgehead atoms. The van der Waals surface area contributed by atoms with Gasteiger partial charge in [-0.25, -0.2) is 0 Å². The van der Waals surface area contributed by atoms with Crippen LogP contribution in [0.3, 0.4) is 0 Å². The van der Waals surface area contributed by atoms with Crippen molar-refractivity contribution in [2.45, 2.75) is 42.2 Å². The molecule has 0 fully saturated rings. The second kappa shape index (κ2) is 9.37. The van der Waals surface area contributed by atoms with Crippen molar-refractivity contribution in [1.82, 2.24) is 0 Å². The average Bonchev–Trinajstić information content (AvgIpc) is 3.12. The first kappa shape index (κ1) is 21.7. The number of hydrogen-bond donors (Lipinski definition) is 0. The molecule has 0 aromatic heterocycles. The maximum absolute atomic E-state index is 4.05. The van der Waals surface area contributed by atoms with Gasteiger partial charge in [0.2, 0.25) is 0 Å². The van der Waals surface area contributed by atoms with Gasteiger partial charge < -0.3 is 24.8 Å². The average molecular weight is 438 g/mol. The van der Waals surface area contributed by atoms with Crippen molar-refractivity contribution in [3.8, 4) is 0 Å². The predicted molar refractivity (Wildman–Crippen MR) is 91.2 cm³/mol. The van der Waals surface area contributed by atoms with Gasteiger partial charge in [0.05, 0.1) is 0 Å². The molecule has 1 aromatic carbocycles. The third-order valence-corrected chi connectivity index (χ3v) is 6.54. The molecule has 0 aliphatic heterocycles. The zero-order valence-electron chi connectivity index (χ0n) is 14.1. The Bertz CT molecular complexity index is 685. The van der Waals surface area contributed by atoms with Gasteiger partial charge in [0.25, 0.3) is 0 Å². The summed E-state index contributed by atoms with van der Waals surface area (Å²) in [6.45, 7) is 6.33. The van der Waals surface area contributed by atoms with Crippen LogP contribution in [-0.4, -0.2) is 0 Å². The molecule has 2 aliphatic rings. The van der Waals surface area contributed by atoms with Crippen LogP contribution in [0.25, 0.3) is 5.57 Å². The van der Waals surface area contributed by atoms with E-state index in [4.69, 9.17) is 0 Å². The van der Waals surface area contributed by atoms with Crippen LogP contribution in [0.2, 0.25) is 0 Å². The number of rotatable bonds is 6. The molecule has 0 N–H and O–H groups in total. The van der Waals surface area contributed by atoms with Gasteiger partial charge >= 0.3 is 150 Å². The Balaban J connectivity index is 0.00000144. The maximum Gasteiger partial charge on any atom is -1.00 e. The number of benzene rings is 1. The molecule has 2 aliphatic carbocycles. The van der Waals surface area contributed by atoms with E-state index in [9.17, 15) is 0 Å². The van der Waals surface area contributed by atoms with Crippen molar-refractivity contribution in [3.05, 3.63) is 77.4 Å². The topological polar surface area (TPSA) is 0 Å². The van der Waals surface area contributed by atoms with Crippen molar-refractivity contribution in [2.24, 2.45) is 0 Å². The number of unbranched alkanes of at least 4 members (excludes halogenated alkanes) is 1. The van der Waals surface area contributed by atoms with Gasteiger partial charge in [0.1, 0.15) is 0 Å². The fraction of sp³-hybridized carbons (Fsp3) is 0.333. The molecule has 3 heteroatoms. The van der Waals surface area contributed by atoms with E-state index in [-0.39, 0.29) is 27.9 Å². The van der Waals surface area contributed by atoms with E-state index in [2.05, 4.69) is 62.1 Å². The van der Waals surface area contributed by atoms with Crippen molar-refractivity contribution >= 4 is 5.57 Å². The molecule has 1 aromatic rings. The first-order valence-corrected chi connectivity index (χ1v) is 9.50. The molecule has 0 heterocycles. The number of fused-ring (bicyclic) bond motifs is 1. The van der Waals surface area contributed by atoms with Crippen LogP contribution in [0.4, 0.5) is 0 Å². The summed E-state index contributed by atoms with van der Waals surface area (Å²) in [6.07, 6.45) is 14.8. The molecule has 0 nitrogen and oxygen atoms in total. The molecule has 1 atom stereocenters. The Morgan fingerprint density at radius 3 is 2.62 bits per heavy atom. The fourth-order valence-electron chi connectivity index (χ4n) is 3.79. The van der Waals surface area contributed by atoms with Crippen LogP contribution in [-0.2, 0) is 27.8 Å². The summed E-state index contributed by atoms with van der Waals surface area (Å²) in [5.74, 6) is 0. The zero-order valence-corrected chi connectivity index (χ0v) is 18.1. The molecular formula is C21H23Cl2Zr. The first-order valence-electron chi connectivity index (χ1n) is 8.28. The van der Waals surface area contributed by atoms with Crippen LogP contribution in [0.5, 0.6) is 0 Å². The van der Waals surface area contributed by atoms with Crippen molar-refractivity contribution in [3.63, 3.8) is 0 Å². The van der Waals surface area contributed by atoms with E-state index < -0.39 is 0 Å². The van der Waals surface area contributed by atoms with E-state index >= 15 is 0 Å². The first-order chi connectivity index (χ1) is 10.7. The molecule has 0 saturated carbocycles. The Hall–Kier alpha value is -0.357. The van der Waals surface area contributed by atoms with Crippen molar-refractivity contribution < 1.29 is 49.5 Å². The minimum atomic E-state index is 0.